The summed E-state index contributed by atoms with van der Waals surface area (Å²) in [6, 6.07) is 16.6. The highest BCUT2D eigenvalue weighted by atomic mass is 16.6. The van der Waals surface area contributed by atoms with E-state index in [2.05, 4.69) is 34.3 Å². The van der Waals surface area contributed by atoms with Gasteiger partial charge in [-0.25, -0.2) is 14.5 Å². The summed E-state index contributed by atoms with van der Waals surface area (Å²) in [7, 11) is 0. The minimum Gasteiger partial charge on any atom is -0.448 e. The summed E-state index contributed by atoms with van der Waals surface area (Å²) in [5.74, 6) is 0.0535. The lowest BCUT2D eigenvalue weighted by Gasteiger charge is -2.40. The number of amides is 1. The van der Waals surface area contributed by atoms with E-state index < -0.39 is 5.54 Å². The molecule has 1 aliphatic heterocycles. The standard InChI is InChI=1S/C23H24N4O3/c28-14-23(27-16-24-15-25-27)9-11-26(12-10-23)22(29)30-13-21-19-7-3-1-5-17(19)18-6-2-4-8-20(18)21/h1-8,15-16,21,28H,9-14H2. The number of hydrogen-bond donors (Lipinski definition) is 1. The molecule has 2 heterocycles. The van der Waals surface area contributed by atoms with Gasteiger partial charge in [-0.05, 0) is 35.1 Å². The first-order valence-corrected chi connectivity index (χ1v) is 10.3. The molecule has 0 saturated carbocycles. The van der Waals surface area contributed by atoms with Crippen LogP contribution in [0.25, 0.3) is 11.1 Å². The van der Waals surface area contributed by atoms with Gasteiger partial charge in [0.15, 0.2) is 0 Å². The zero-order valence-electron chi connectivity index (χ0n) is 16.6. The Kier molecular flexibility index (Phi) is 4.75. The Hall–Kier alpha value is -3.19. The molecule has 7 heteroatoms. The highest BCUT2D eigenvalue weighted by Gasteiger charge is 2.38. The van der Waals surface area contributed by atoms with Crippen LogP contribution in [0.1, 0.15) is 29.9 Å². The molecule has 5 rings (SSSR count). The number of benzene rings is 2. The van der Waals surface area contributed by atoms with Gasteiger partial charge in [0.1, 0.15) is 19.3 Å². The zero-order valence-corrected chi connectivity index (χ0v) is 16.6. The third kappa shape index (κ3) is 3.06. The molecule has 0 bridgehead atoms. The molecule has 1 fully saturated rings. The van der Waals surface area contributed by atoms with Crippen molar-refractivity contribution in [2.45, 2.75) is 24.3 Å². The predicted molar refractivity (Wildman–Crippen MR) is 111 cm³/mol. The van der Waals surface area contributed by atoms with Crippen LogP contribution in [0.3, 0.4) is 0 Å². The fourth-order valence-corrected chi connectivity index (χ4v) is 4.70. The van der Waals surface area contributed by atoms with Crippen molar-refractivity contribution in [1.82, 2.24) is 19.7 Å². The molecule has 154 valence electrons. The summed E-state index contributed by atoms with van der Waals surface area (Å²) in [4.78, 5) is 18.5. The fraction of sp³-hybridized carbons (Fsp3) is 0.348. The number of ether oxygens (including phenoxy) is 1. The Balaban J connectivity index is 1.25. The number of aromatic nitrogens is 3. The van der Waals surface area contributed by atoms with E-state index in [0.29, 0.717) is 32.5 Å². The SMILES string of the molecule is O=C(OCC1c2ccccc2-c2ccccc21)N1CCC(CO)(n2cncn2)CC1. The lowest BCUT2D eigenvalue weighted by molar-refractivity contribution is 0.0330. The molecular formula is C23H24N4O3. The first-order chi connectivity index (χ1) is 14.7. The molecule has 0 atom stereocenters. The second-order valence-electron chi connectivity index (χ2n) is 8.01. The number of aliphatic hydroxyl groups is 1. The normalized spacial score (nSPS) is 17.4. The van der Waals surface area contributed by atoms with E-state index in [1.165, 1.54) is 28.6 Å². The molecule has 0 spiro atoms. The maximum absolute atomic E-state index is 12.8. The Labute approximate surface area is 174 Å². The molecule has 3 aromatic rings. The van der Waals surface area contributed by atoms with Crippen molar-refractivity contribution in [2.75, 3.05) is 26.3 Å². The van der Waals surface area contributed by atoms with Crippen LogP contribution in [0, 0.1) is 0 Å². The molecule has 1 aromatic heterocycles. The molecule has 1 N–H and O–H groups in total. The number of rotatable bonds is 4. The van der Waals surface area contributed by atoms with E-state index >= 15 is 0 Å². The molecular weight excluding hydrogens is 380 g/mol. The third-order valence-electron chi connectivity index (χ3n) is 6.49. The summed E-state index contributed by atoms with van der Waals surface area (Å²) >= 11 is 0. The van der Waals surface area contributed by atoms with Gasteiger partial charge in [0, 0.05) is 19.0 Å². The third-order valence-corrected chi connectivity index (χ3v) is 6.49. The van der Waals surface area contributed by atoms with Crippen LogP contribution < -0.4 is 0 Å². The lowest BCUT2D eigenvalue weighted by Crippen LogP contribution is -2.50. The Morgan fingerprint density at radius 2 is 1.70 bits per heavy atom. The average molecular weight is 404 g/mol. The first-order valence-electron chi connectivity index (χ1n) is 10.3. The van der Waals surface area contributed by atoms with Gasteiger partial charge in [-0.1, -0.05) is 48.5 Å². The summed E-state index contributed by atoms with van der Waals surface area (Å²) < 4.78 is 7.47. The van der Waals surface area contributed by atoms with Gasteiger partial charge in [-0.2, -0.15) is 5.10 Å². The zero-order chi connectivity index (χ0) is 20.6. The monoisotopic (exact) mass is 404 g/mol. The number of piperidine rings is 1. The van der Waals surface area contributed by atoms with E-state index in [0.717, 1.165) is 0 Å². The number of fused-ring (bicyclic) bond motifs is 3. The second kappa shape index (κ2) is 7.57. The summed E-state index contributed by atoms with van der Waals surface area (Å²) in [5, 5.41) is 14.1. The van der Waals surface area contributed by atoms with E-state index in [-0.39, 0.29) is 18.6 Å². The molecule has 30 heavy (non-hydrogen) atoms. The van der Waals surface area contributed by atoms with Gasteiger partial charge in [0.2, 0.25) is 0 Å². The van der Waals surface area contributed by atoms with Crippen LogP contribution in [-0.4, -0.2) is 57.2 Å². The summed E-state index contributed by atoms with van der Waals surface area (Å²) in [6.45, 7) is 1.31. The van der Waals surface area contributed by atoms with Gasteiger partial charge in [-0.3, -0.25) is 0 Å². The number of carbonyl (C=O) groups is 1. The predicted octanol–water partition coefficient (Wildman–Crippen LogP) is 3.01. The van der Waals surface area contributed by atoms with Crippen molar-refractivity contribution in [3.8, 4) is 11.1 Å². The molecule has 0 unspecified atom stereocenters. The average Bonchev–Trinajstić information content (AvgIpc) is 3.45. The number of likely N-dealkylation sites (tertiary alicyclic amines) is 1. The van der Waals surface area contributed by atoms with Crippen LogP contribution >= 0.6 is 0 Å². The largest absolute Gasteiger partial charge is 0.448 e. The van der Waals surface area contributed by atoms with Gasteiger partial charge in [-0.15, -0.1) is 0 Å². The quantitative estimate of drug-likeness (QED) is 0.723. The summed E-state index contributed by atoms with van der Waals surface area (Å²) in [6.07, 6.45) is 4.00. The number of hydrogen-bond acceptors (Lipinski definition) is 5. The van der Waals surface area contributed by atoms with Crippen molar-refractivity contribution in [3.63, 3.8) is 0 Å². The van der Waals surface area contributed by atoms with E-state index in [1.807, 2.05) is 24.3 Å². The number of nitrogens with zero attached hydrogens (tertiary/aromatic N) is 4. The van der Waals surface area contributed by atoms with Crippen molar-refractivity contribution in [2.24, 2.45) is 0 Å². The van der Waals surface area contributed by atoms with Crippen LogP contribution in [-0.2, 0) is 10.3 Å². The van der Waals surface area contributed by atoms with Gasteiger partial charge >= 0.3 is 6.09 Å². The van der Waals surface area contributed by atoms with Crippen LogP contribution in [0.4, 0.5) is 4.79 Å². The minimum absolute atomic E-state index is 0.0328. The number of aliphatic hydroxyl groups excluding tert-OH is 1. The topological polar surface area (TPSA) is 80.5 Å². The van der Waals surface area contributed by atoms with Crippen molar-refractivity contribution < 1.29 is 14.6 Å². The second-order valence-corrected chi connectivity index (χ2v) is 8.01. The van der Waals surface area contributed by atoms with Gasteiger partial charge in [0.05, 0.1) is 12.1 Å². The highest BCUT2D eigenvalue weighted by Crippen LogP contribution is 2.44. The van der Waals surface area contributed by atoms with Crippen LogP contribution in [0.15, 0.2) is 61.2 Å². The smallest absolute Gasteiger partial charge is 0.409 e. The van der Waals surface area contributed by atoms with Crippen LogP contribution in [0.5, 0.6) is 0 Å². The number of carbonyl (C=O) groups excluding carboxylic acids is 1. The molecule has 1 saturated heterocycles. The maximum atomic E-state index is 12.8. The maximum Gasteiger partial charge on any atom is 0.409 e. The minimum atomic E-state index is -0.503. The van der Waals surface area contributed by atoms with Gasteiger partial charge in [0.25, 0.3) is 0 Å². The van der Waals surface area contributed by atoms with Crippen molar-refractivity contribution >= 4 is 6.09 Å². The molecule has 7 nitrogen and oxygen atoms in total. The molecule has 2 aliphatic rings. The summed E-state index contributed by atoms with van der Waals surface area (Å²) in [5.41, 5.74) is 4.34. The highest BCUT2D eigenvalue weighted by molar-refractivity contribution is 5.79. The van der Waals surface area contributed by atoms with Crippen molar-refractivity contribution in [3.05, 3.63) is 72.3 Å². The van der Waals surface area contributed by atoms with Gasteiger partial charge < -0.3 is 14.7 Å². The molecule has 0 radical (unpaired) electrons. The molecule has 2 aromatic carbocycles. The van der Waals surface area contributed by atoms with Crippen molar-refractivity contribution in [1.29, 1.82) is 0 Å². The lowest BCUT2D eigenvalue weighted by atomic mass is 9.88. The van der Waals surface area contributed by atoms with Crippen LogP contribution in [0.2, 0.25) is 0 Å². The molecule has 1 aliphatic carbocycles. The first kappa shape index (κ1) is 18.8. The Morgan fingerprint density at radius 3 is 2.27 bits per heavy atom. The van der Waals surface area contributed by atoms with E-state index in [4.69, 9.17) is 4.74 Å². The molecule has 1 amide bonds. The Morgan fingerprint density at radius 1 is 1.07 bits per heavy atom. The van der Waals surface area contributed by atoms with E-state index in [1.54, 1.807) is 15.9 Å². The van der Waals surface area contributed by atoms with E-state index in [9.17, 15) is 9.90 Å². The fourth-order valence-electron chi connectivity index (χ4n) is 4.70. The Bertz CT molecular complexity index is 997.